The molecule has 4 heteroatoms. The summed E-state index contributed by atoms with van der Waals surface area (Å²) >= 11 is 0. The van der Waals surface area contributed by atoms with E-state index in [1.54, 1.807) is 36.7 Å². The van der Waals surface area contributed by atoms with Gasteiger partial charge >= 0.3 is 5.97 Å². The molecule has 0 aliphatic carbocycles. The van der Waals surface area contributed by atoms with Crippen molar-refractivity contribution in [3.05, 3.63) is 42.4 Å². The Bertz CT molecular complexity index is 376. The third kappa shape index (κ3) is 1.61. The highest BCUT2D eigenvalue weighted by Gasteiger charge is 2.08. The quantitative estimate of drug-likeness (QED) is 0.682. The SMILES string of the molecule is O=C(Oc1ccc[nH]1)c1ccc[nH]1. The number of hydrogen-bond donors (Lipinski definition) is 2. The molecule has 4 nitrogen and oxygen atoms in total. The zero-order valence-electron chi connectivity index (χ0n) is 6.78. The van der Waals surface area contributed by atoms with Crippen LogP contribution in [0.25, 0.3) is 0 Å². The molecule has 0 amide bonds. The van der Waals surface area contributed by atoms with Crippen LogP contribution in [0.4, 0.5) is 0 Å². The molecular formula is C9H8N2O2. The van der Waals surface area contributed by atoms with E-state index in [-0.39, 0.29) is 0 Å². The van der Waals surface area contributed by atoms with E-state index in [0.29, 0.717) is 11.6 Å². The van der Waals surface area contributed by atoms with Crippen LogP contribution in [0.5, 0.6) is 5.88 Å². The van der Waals surface area contributed by atoms with Gasteiger partial charge in [0, 0.05) is 18.5 Å². The van der Waals surface area contributed by atoms with Crippen molar-refractivity contribution in [1.82, 2.24) is 9.97 Å². The van der Waals surface area contributed by atoms with Gasteiger partial charge in [-0.25, -0.2) is 4.79 Å². The maximum Gasteiger partial charge on any atom is 0.361 e. The number of rotatable bonds is 2. The standard InChI is InChI=1S/C9H8N2O2/c12-9(7-3-1-5-10-7)13-8-4-2-6-11-8/h1-6,10-11H. The number of aromatic nitrogens is 2. The Labute approximate surface area is 74.5 Å². The van der Waals surface area contributed by atoms with E-state index in [1.165, 1.54) is 0 Å². The predicted octanol–water partition coefficient (Wildman–Crippen LogP) is 1.56. The zero-order chi connectivity index (χ0) is 9.10. The lowest BCUT2D eigenvalue weighted by molar-refractivity contribution is 0.0723. The summed E-state index contributed by atoms with van der Waals surface area (Å²) in [6.07, 6.45) is 3.36. The number of esters is 1. The highest BCUT2D eigenvalue weighted by atomic mass is 16.5. The summed E-state index contributed by atoms with van der Waals surface area (Å²) < 4.78 is 4.97. The molecule has 2 rings (SSSR count). The van der Waals surface area contributed by atoms with Crippen molar-refractivity contribution in [3.63, 3.8) is 0 Å². The first-order valence-electron chi connectivity index (χ1n) is 3.85. The molecule has 2 aromatic rings. The molecule has 0 bridgehead atoms. The fourth-order valence-corrected chi connectivity index (χ4v) is 0.990. The molecule has 2 aromatic heterocycles. The van der Waals surface area contributed by atoms with Crippen LogP contribution in [0, 0.1) is 0 Å². The third-order valence-corrected chi connectivity index (χ3v) is 1.59. The Hall–Kier alpha value is -1.97. The van der Waals surface area contributed by atoms with Gasteiger partial charge in [0.05, 0.1) is 0 Å². The molecule has 0 aliphatic rings. The molecule has 2 N–H and O–H groups in total. The average Bonchev–Trinajstić information content (AvgIpc) is 2.74. The molecule has 0 spiro atoms. The minimum atomic E-state index is -0.396. The first-order valence-corrected chi connectivity index (χ1v) is 3.85. The first-order chi connectivity index (χ1) is 6.36. The van der Waals surface area contributed by atoms with Gasteiger partial charge < -0.3 is 14.7 Å². The molecule has 13 heavy (non-hydrogen) atoms. The first kappa shape index (κ1) is 7.67. The number of ether oxygens (including phenoxy) is 1. The highest BCUT2D eigenvalue weighted by Crippen LogP contribution is 2.07. The maximum atomic E-state index is 11.3. The summed E-state index contributed by atoms with van der Waals surface area (Å²) in [5.41, 5.74) is 0.439. The van der Waals surface area contributed by atoms with Gasteiger partial charge in [0.15, 0.2) is 0 Å². The highest BCUT2D eigenvalue weighted by molar-refractivity contribution is 5.88. The van der Waals surface area contributed by atoms with E-state index in [0.717, 1.165) is 0 Å². The van der Waals surface area contributed by atoms with Gasteiger partial charge in [0.1, 0.15) is 5.69 Å². The van der Waals surface area contributed by atoms with Gasteiger partial charge in [0.25, 0.3) is 0 Å². The van der Waals surface area contributed by atoms with Crippen LogP contribution >= 0.6 is 0 Å². The molecule has 2 heterocycles. The van der Waals surface area contributed by atoms with E-state index in [9.17, 15) is 4.79 Å². The maximum absolute atomic E-state index is 11.3. The van der Waals surface area contributed by atoms with E-state index in [2.05, 4.69) is 9.97 Å². The Balaban J connectivity index is 2.08. The number of nitrogens with one attached hydrogen (secondary N) is 2. The molecule has 0 unspecified atom stereocenters. The normalized spacial score (nSPS) is 9.85. The topological polar surface area (TPSA) is 57.9 Å². The number of aromatic amines is 2. The fourth-order valence-electron chi connectivity index (χ4n) is 0.990. The van der Waals surface area contributed by atoms with E-state index in [1.807, 2.05) is 0 Å². The van der Waals surface area contributed by atoms with Crippen LogP contribution in [0.2, 0.25) is 0 Å². The number of carbonyl (C=O) groups excluding carboxylic acids is 1. The Morgan fingerprint density at radius 2 is 1.92 bits per heavy atom. The van der Waals surface area contributed by atoms with E-state index >= 15 is 0 Å². The molecule has 0 atom stereocenters. The molecule has 0 saturated carbocycles. The predicted molar refractivity (Wildman–Crippen MR) is 46.5 cm³/mol. The van der Waals surface area contributed by atoms with Crippen molar-refractivity contribution in [3.8, 4) is 5.88 Å². The summed E-state index contributed by atoms with van der Waals surface area (Å²) in [7, 11) is 0. The second kappa shape index (κ2) is 3.18. The largest absolute Gasteiger partial charge is 0.405 e. The zero-order valence-corrected chi connectivity index (χ0v) is 6.78. The summed E-state index contributed by atoms with van der Waals surface area (Å²) in [6.45, 7) is 0. The minimum Gasteiger partial charge on any atom is -0.405 e. The van der Waals surface area contributed by atoms with Gasteiger partial charge in [0.2, 0.25) is 5.88 Å². The Morgan fingerprint density at radius 3 is 2.54 bits per heavy atom. The molecular weight excluding hydrogens is 168 g/mol. The number of H-pyrrole nitrogens is 2. The summed E-state index contributed by atoms with van der Waals surface area (Å²) in [5, 5.41) is 0. The monoisotopic (exact) mass is 176 g/mol. The molecule has 66 valence electrons. The van der Waals surface area contributed by atoms with Gasteiger partial charge in [-0.3, -0.25) is 0 Å². The number of carbonyl (C=O) groups is 1. The summed E-state index contributed by atoms with van der Waals surface area (Å²) in [4.78, 5) is 16.8. The molecule has 0 fully saturated rings. The Kier molecular flexibility index (Phi) is 1.88. The van der Waals surface area contributed by atoms with Crippen molar-refractivity contribution in [2.24, 2.45) is 0 Å². The van der Waals surface area contributed by atoms with E-state index in [4.69, 9.17) is 4.74 Å². The molecule has 0 aliphatic heterocycles. The van der Waals surface area contributed by atoms with Crippen LogP contribution in [0.15, 0.2) is 36.7 Å². The van der Waals surface area contributed by atoms with Crippen molar-refractivity contribution in [1.29, 1.82) is 0 Å². The molecule has 0 aromatic carbocycles. The van der Waals surface area contributed by atoms with Crippen LogP contribution in [-0.4, -0.2) is 15.9 Å². The lowest BCUT2D eigenvalue weighted by Gasteiger charge is -1.98. The lowest BCUT2D eigenvalue weighted by atomic mass is 10.4. The van der Waals surface area contributed by atoms with Crippen molar-refractivity contribution < 1.29 is 9.53 Å². The smallest absolute Gasteiger partial charge is 0.361 e. The molecule has 0 radical (unpaired) electrons. The average molecular weight is 176 g/mol. The fraction of sp³-hybridized carbons (Fsp3) is 0. The van der Waals surface area contributed by atoms with Crippen LogP contribution < -0.4 is 4.74 Å². The van der Waals surface area contributed by atoms with Crippen molar-refractivity contribution in [2.75, 3.05) is 0 Å². The van der Waals surface area contributed by atoms with Gasteiger partial charge in [-0.2, -0.15) is 0 Å². The van der Waals surface area contributed by atoms with Gasteiger partial charge in [-0.05, 0) is 18.2 Å². The molecule has 0 saturated heterocycles. The van der Waals surface area contributed by atoms with E-state index < -0.39 is 5.97 Å². The number of hydrogen-bond acceptors (Lipinski definition) is 2. The van der Waals surface area contributed by atoms with Crippen LogP contribution in [0.3, 0.4) is 0 Å². The Morgan fingerprint density at radius 1 is 1.15 bits per heavy atom. The second-order valence-corrected chi connectivity index (χ2v) is 2.51. The summed E-state index contributed by atoms with van der Waals surface area (Å²) in [5.74, 6) is 0.0482. The van der Waals surface area contributed by atoms with Gasteiger partial charge in [-0.15, -0.1) is 0 Å². The minimum absolute atomic E-state index is 0.396. The summed E-state index contributed by atoms with van der Waals surface area (Å²) in [6, 6.07) is 6.84. The van der Waals surface area contributed by atoms with Crippen LogP contribution in [-0.2, 0) is 0 Å². The third-order valence-electron chi connectivity index (χ3n) is 1.59. The lowest BCUT2D eigenvalue weighted by Crippen LogP contribution is -2.08. The second-order valence-electron chi connectivity index (χ2n) is 2.51. The van der Waals surface area contributed by atoms with Gasteiger partial charge in [-0.1, -0.05) is 0 Å². The van der Waals surface area contributed by atoms with Crippen LogP contribution in [0.1, 0.15) is 10.5 Å². The van der Waals surface area contributed by atoms with Crippen molar-refractivity contribution >= 4 is 5.97 Å². The van der Waals surface area contributed by atoms with Crippen molar-refractivity contribution in [2.45, 2.75) is 0 Å².